The van der Waals surface area contributed by atoms with Gasteiger partial charge in [0.1, 0.15) is 36.4 Å². The SMILES string of the molecule is CC(=O)N[C@H]1[C@@H](OP(=O)([O-])OP(=O)([O-])OC[C@H]2O[C@@H](n3ccc(=O)[nH]c3=O)[C@H](O)[C@@H]2O)O[C@H](C)[C@H](NC(=O)CCC(=O)C(=O)[O-])[C@@H]1O. The molecular weight excluding hydrogens is 686 g/mol. The smallest absolute Gasteiger partial charge is 0.330 e. The fourth-order valence-corrected chi connectivity index (χ4v) is 6.58. The van der Waals surface area contributed by atoms with Crippen LogP contribution in [-0.4, -0.2) is 104 Å². The van der Waals surface area contributed by atoms with E-state index in [1.807, 2.05) is 4.98 Å². The summed E-state index contributed by atoms with van der Waals surface area (Å²) in [6, 6.07) is -2.30. The average molecular weight is 715 g/mol. The molecule has 2 amide bonds. The quantitative estimate of drug-likeness (QED) is 0.0770. The van der Waals surface area contributed by atoms with Crippen molar-refractivity contribution in [2.75, 3.05) is 6.61 Å². The van der Waals surface area contributed by atoms with Gasteiger partial charge in [0, 0.05) is 32.0 Å². The maximum atomic E-state index is 12.6. The number of hydrogen-bond acceptors (Lipinski definition) is 19. The van der Waals surface area contributed by atoms with Crippen molar-refractivity contribution in [3.63, 3.8) is 0 Å². The fraction of sp³-hybridized carbons (Fsp3) is 0.636. The Morgan fingerprint density at radius 2 is 1.66 bits per heavy atom. The zero-order chi connectivity index (χ0) is 35.4. The number of carboxylic acids is 1. The number of nitrogens with zero attached hydrogens (tertiary/aromatic N) is 1. The Labute approximate surface area is 262 Å². The molecule has 2 unspecified atom stereocenters. The first kappa shape index (κ1) is 38.3. The van der Waals surface area contributed by atoms with Gasteiger partial charge in [0.2, 0.25) is 11.8 Å². The highest BCUT2D eigenvalue weighted by molar-refractivity contribution is 7.59. The molecule has 47 heavy (non-hydrogen) atoms. The second kappa shape index (κ2) is 15.4. The third-order valence-corrected chi connectivity index (χ3v) is 9.21. The van der Waals surface area contributed by atoms with Crippen molar-refractivity contribution in [1.29, 1.82) is 0 Å². The van der Waals surface area contributed by atoms with Gasteiger partial charge in [-0.05, 0) is 6.92 Å². The average Bonchev–Trinajstić information content (AvgIpc) is 3.22. The molecule has 3 rings (SSSR count). The number of aromatic nitrogens is 2. The molecule has 25 heteroatoms. The number of hydrogen-bond donors (Lipinski definition) is 6. The Kier molecular flexibility index (Phi) is 12.5. The van der Waals surface area contributed by atoms with Gasteiger partial charge >= 0.3 is 5.69 Å². The first-order valence-corrected chi connectivity index (χ1v) is 16.3. The number of carboxylic acid groups (broad SMARTS) is 1. The molecule has 264 valence electrons. The summed E-state index contributed by atoms with van der Waals surface area (Å²) in [5.74, 6) is -5.21. The van der Waals surface area contributed by atoms with E-state index in [0.717, 1.165) is 19.2 Å². The summed E-state index contributed by atoms with van der Waals surface area (Å²) in [6.45, 7) is 0.991. The monoisotopic (exact) mass is 715 g/mol. The van der Waals surface area contributed by atoms with Crippen LogP contribution in [-0.2, 0) is 51.1 Å². The van der Waals surface area contributed by atoms with Gasteiger partial charge in [-0.15, -0.1) is 0 Å². The predicted octanol–water partition coefficient (Wildman–Crippen LogP) is -6.66. The summed E-state index contributed by atoms with van der Waals surface area (Å²) < 4.78 is 49.3. The summed E-state index contributed by atoms with van der Waals surface area (Å²) >= 11 is 0. The Morgan fingerprint density at radius 1 is 1.00 bits per heavy atom. The van der Waals surface area contributed by atoms with Gasteiger partial charge in [-0.25, -0.2) is 9.11 Å². The van der Waals surface area contributed by atoms with Crippen LogP contribution >= 0.6 is 15.6 Å². The van der Waals surface area contributed by atoms with Crippen LogP contribution in [0.15, 0.2) is 21.9 Å². The molecule has 0 saturated carbocycles. The van der Waals surface area contributed by atoms with Gasteiger partial charge in [-0.1, -0.05) is 0 Å². The van der Waals surface area contributed by atoms with Crippen molar-refractivity contribution in [3.05, 3.63) is 33.1 Å². The van der Waals surface area contributed by atoms with E-state index in [4.69, 9.17) is 9.47 Å². The number of ketones is 1. The van der Waals surface area contributed by atoms with Crippen LogP contribution in [0.25, 0.3) is 0 Å². The standard InChI is InChI=1S/C22H32N4O19P2/c1-8-14(24-12(29)4-3-10(28)20(34)35)17(32)15(23-9(2)27)21(42-8)44-47(39,40)45-46(37,38)41-7-11-16(31)18(33)19(43-11)26-6-5-13(30)25-22(26)36/h5-6,8,11,14-19,21,31-33H,3-4,7H2,1-2H3,(H,23,27)(H,24,29)(H,34,35)(H,37,38)(H,39,40)(H,25,30,36)/p-3/t8-,11-,14+,15-,16-,17+,18-,19-,21-/m1/s1. The van der Waals surface area contributed by atoms with Crippen LogP contribution in [0.5, 0.6) is 0 Å². The van der Waals surface area contributed by atoms with Crippen LogP contribution in [0.4, 0.5) is 0 Å². The number of amides is 2. The van der Waals surface area contributed by atoms with E-state index in [1.54, 1.807) is 0 Å². The van der Waals surface area contributed by atoms with E-state index < -0.39 is 125 Å². The van der Waals surface area contributed by atoms with Crippen LogP contribution in [0, 0.1) is 0 Å². The highest BCUT2D eigenvalue weighted by Crippen LogP contribution is 2.57. The number of carbonyl (C=O) groups excluding carboxylic acids is 4. The van der Waals surface area contributed by atoms with Gasteiger partial charge in [0.15, 0.2) is 18.3 Å². The molecule has 2 aliphatic heterocycles. The van der Waals surface area contributed by atoms with Gasteiger partial charge in [-0.2, -0.15) is 0 Å². The maximum Gasteiger partial charge on any atom is 0.330 e. The molecule has 0 aliphatic carbocycles. The summed E-state index contributed by atoms with van der Waals surface area (Å²) in [4.78, 5) is 95.7. The van der Waals surface area contributed by atoms with Crippen LogP contribution in [0.1, 0.15) is 32.9 Å². The van der Waals surface area contributed by atoms with Gasteiger partial charge < -0.3 is 59.6 Å². The fourth-order valence-electron chi connectivity index (χ4n) is 4.49. The third kappa shape index (κ3) is 10.2. The van der Waals surface area contributed by atoms with Gasteiger partial charge in [0.25, 0.3) is 21.2 Å². The number of phosphoric ester groups is 2. The molecule has 11 atom stereocenters. The van der Waals surface area contributed by atoms with Crippen molar-refractivity contribution in [1.82, 2.24) is 20.2 Å². The van der Waals surface area contributed by atoms with E-state index in [1.165, 1.54) is 6.92 Å². The molecule has 1 aromatic rings. The van der Waals surface area contributed by atoms with Gasteiger partial charge in [0.05, 0.1) is 18.8 Å². The molecule has 0 radical (unpaired) electrons. The lowest BCUT2D eigenvalue weighted by atomic mass is 9.94. The van der Waals surface area contributed by atoms with E-state index in [0.29, 0.717) is 4.57 Å². The van der Waals surface area contributed by atoms with Crippen LogP contribution in [0.3, 0.4) is 0 Å². The number of aromatic amines is 1. The lowest BCUT2D eigenvalue weighted by molar-refractivity contribution is -0.300. The van der Waals surface area contributed by atoms with Crippen LogP contribution < -0.4 is 36.8 Å². The number of Topliss-reactive ketones (excluding diaryl/α,β-unsaturated/α-hetero) is 1. The minimum Gasteiger partial charge on any atom is -0.756 e. The second-order valence-electron chi connectivity index (χ2n) is 10.2. The number of aliphatic hydroxyl groups excluding tert-OH is 3. The third-order valence-electron chi connectivity index (χ3n) is 6.68. The maximum absolute atomic E-state index is 12.6. The highest BCUT2D eigenvalue weighted by atomic mass is 31.3. The van der Waals surface area contributed by atoms with Crippen molar-refractivity contribution in [2.45, 2.75) is 81.8 Å². The summed E-state index contributed by atoms with van der Waals surface area (Å²) in [7, 11) is -11.9. The number of nitrogens with one attached hydrogen (secondary N) is 3. The Balaban J connectivity index is 1.64. The molecule has 1 aromatic heterocycles. The molecule has 2 fully saturated rings. The van der Waals surface area contributed by atoms with Crippen molar-refractivity contribution in [2.24, 2.45) is 0 Å². The number of aliphatic carboxylic acids is 1. The number of phosphoric acid groups is 2. The molecule has 23 nitrogen and oxygen atoms in total. The minimum atomic E-state index is -6.01. The second-order valence-corrected chi connectivity index (χ2v) is 13.1. The molecule has 2 aliphatic rings. The van der Waals surface area contributed by atoms with Crippen molar-refractivity contribution < 1.29 is 81.4 Å². The van der Waals surface area contributed by atoms with E-state index in [2.05, 4.69) is 24.0 Å². The van der Waals surface area contributed by atoms with Crippen molar-refractivity contribution in [3.8, 4) is 0 Å². The Hall–Kier alpha value is -3.18. The zero-order valence-electron chi connectivity index (χ0n) is 24.2. The molecule has 0 spiro atoms. The van der Waals surface area contributed by atoms with Crippen LogP contribution in [0.2, 0.25) is 0 Å². The minimum absolute atomic E-state index is 0.649. The van der Waals surface area contributed by atoms with Gasteiger partial charge in [-0.3, -0.25) is 42.4 Å². The number of ether oxygens (including phenoxy) is 2. The topological polar surface area (TPSA) is 357 Å². The lowest BCUT2D eigenvalue weighted by Gasteiger charge is -2.45. The summed E-state index contributed by atoms with van der Waals surface area (Å²) in [5.41, 5.74) is -1.83. The molecule has 2 saturated heterocycles. The summed E-state index contributed by atoms with van der Waals surface area (Å²) in [6.07, 6.45) is -12.8. The molecular formula is C22H29N4O19P2-3. The molecule has 0 aromatic carbocycles. The largest absolute Gasteiger partial charge is 0.756 e. The first-order valence-electron chi connectivity index (χ1n) is 13.3. The molecule has 3 heterocycles. The zero-order valence-corrected chi connectivity index (χ0v) is 26.0. The van der Waals surface area contributed by atoms with E-state index >= 15 is 0 Å². The first-order chi connectivity index (χ1) is 21.7. The summed E-state index contributed by atoms with van der Waals surface area (Å²) in [5, 5.41) is 46.2. The van der Waals surface area contributed by atoms with E-state index in [-0.39, 0.29) is 0 Å². The Morgan fingerprint density at radius 3 is 2.26 bits per heavy atom. The number of rotatable bonds is 14. The number of carbonyl (C=O) groups is 4. The molecule has 0 bridgehead atoms. The van der Waals surface area contributed by atoms with Crippen molar-refractivity contribution >= 4 is 39.2 Å². The predicted molar refractivity (Wildman–Crippen MR) is 140 cm³/mol. The lowest BCUT2D eigenvalue weighted by Crippen LogP contribution is -2.67. The van der Waals surface area contributed by atoms with E-state index in [9.17, 15) is 68.1 Å². The highest BCUT2D eigenvalue weighted by Gasteiger charge is 2.47. The Bertz CT molecular complexity index is 1560. The normalized spacial score (nSPS) is 31.7. The number of aliphatic hydroxyl groups is 3. The number of H-pyrrole nitrogens is 1. The molecule has 6 N–H and O–H groups in total.